The van der Waals surface area contributed by atoms with E-state index in [0.717, 1.165) is 48.8 Å². The molecule has 3 aromatic rings. The molecule has 0 amide bonds. The second-order valence-electron chi connectivity index (χ2n) is 7.94. The molecule has 1 atom stereocenters. The third kappa shape index (κ3) is 4.72. The number of nitrogens with one attached hydrogen (secondary N) is 1. The summed E-state index contributed by atoms with van der Waals surface area (Å²) in [5.74, 6) is 1.07. The number of nitrogens with zero attached hydrogens (tertiary/aromatic N) is 6. The lowest BCUT2D eigenvalue weighted by molar-refractivity contribution is 0.00115. The lowest BCUT2D eigenvalue weighted by Gasteiger charge is -2.29. The van der Waals surface area contributed by atoms with Gasteiger partial charge in [-0.3, -0.25) is 0 Å². The second-order valence-corrected chi connectivity index (χ2v) is 7.94. The molecule has 1 saturated heterocycles. The number of rotatable bonds is 8. The van der Waals surface area contributed by atoms with Crippen LogP contribution in [0.15, 0.2) is 18.5 Å². The van der Waals surface area contributed by atoms with Crippen LogP contribution in [0.3, 0.4) is 0 Å². The molecule has 4 rings (SSSR count). The van der Waals surface area contributed by atoms with Crippen molar-refractivity contribution in [3.05, 3.63) is 35.3 Å². The second kappa shape index (κ2) is 9.60. The number of nitrogen functional groups attached to an aromatic ring is 1. The summed E-state index contributed by atoms with van der Waals surface area (Å²) < 4.78 is 33.4. The van der Waals surface area contributed by atoms with Gasteiger partial charge in [-0.15, -0.1) is 5.10 Å². The Morgan fingerprint density at radius 2 is 2.00 bits per heavy atom. The SMILES string of the molecule is CCC[C@H](Oc1nc(N)c2ncc(Cc3cnc(N4CCNCC4)c(C)c3)n2n1)C(F)F. The number of pyridine rings is 1. The van der Waals surface area contributed by atoms with Crippen molar-refractivity contribution in [1.82, 2.24) is 29.9 Å². The van der Waals surface area contributed by atoms with Crippen LogP contribution in [0.25, 0.3) is 5.65 Å². The molecule has 0 unspecified atom stereocenters. The molecule has 0 aromatic carbocycles. The Balaban J connectivity index is 1.58. The first-order valence-electron chi connectivity index (χ1n) is 10.8. The highest BCUT2D eigenvalue weighted by Gasteiger charge is 2.24. The first-order valence-corrected chi connectivity index (χ1v) is 10.8. The molecule has 1 fully saturated rings. The van der Waals surface area contributed by atoms with Crippen molar-refractivity contribution in [2.45, 2.75) is 45.6 Å². The van der Waals surface area contributed by atoms with Crippen LogP contribution in [-0.2, 0) is 6.42 Å². The van der Waals surface area contributed by atoms with E-state index in [0.29, 0.717) is 18.5 Å². The first-order chi connectivity index (χ1) is 15.5. The molecule has 0 spiro atoms. The predicted molar refractivity (Wildman–Crippen MR) is 117 cm³/mol. The molecule has 4 heterocycles. The minimum absolute atomic E-state index is 0.0779. The zero-order valence-corrected chi connectivity index (χ0v) is 18.3. The number of aromatic nitrogens is 5. The lowest BCUT2D eigenvalue weighted by atomic mass is 10.1. The number of alkyl halides is 2. The van der Waals surface area contributed by atoms with Gasteiger partial charge in [0.15, 0.2) is 17.6 Å². The summed E-state index contributed by atoms with van der Waals surface area (Å²) >= 11 is 0. The van der Waals surface area contributed by atoms with Gasteiger partial charge in [-0.25, -0.2) is 23.3 Å². The number of hydrogen-bond acceptors (Lipinski definition) is 8. The van der Waals surface area contributed by atoms with Crippen molar-refractivity contribution in [2.75, 3.05) is 36.8 Å². The minimum atomic E-state index is -2.64. The summed E-state index contributed by atoms with van der Waals surface area (Å²) in [5.41, 5.74) is 9.16. The van der Waals surface area contributed by atoms with Crippen molar-refractivity contribution in [3.8, 4) is 6.01 Å². The Morgan fingerprint density at radius 1 is 1.22 bits per heavy atom. The van der Waals surface area contributed by atoms with Crippen LogP contribution in [0.1, 0.15) is 36.6 Å². The van der Waals surface area contributed by atoms with Crippen LogP contribution in [0.5, 0.6) is 6.01 Å². The highest BCUT2D eigenvalue weighted by molar-refractivity contribution is 5.60. The van der Waals surface area contributed by atoms with Crippen LogP contribution < -0.4 is 20.7 Å². The van der Waals surface area contributed by atoms with Gasteiger partial charge in [0.25, 0.3) is 6.43 Å². The monoisotopic (exact) mass is 446 g/mol. The van der Waals surface area contributed by atoms with Crippen LogP contribution in [-0.4, -0.2) is 63.3 Å². The number of fused-ring (bicyclic) bond motifs is 1. The number of anilines is 2. The van der Waals surface area contributed by atoms with E-state index in [1.54, 1.807) is 6.20 Å². The Bertz CT molecular complexity index is 1070. The van der Waals surface area contributed by atoms with Crippen LogP contribution in [0, 0.1) is 6.92 Å². The van der Waals surface area contributed by atoms with Gasteiger partial charge in [-0.2, -0.15) is 4.98 Å². The van der Waals surface area contributed by atoms with Crippen molar-refractivity contribution >= 4 is 17.3 Å². The van der Waals surface area contributed by atoms with Gasteiger partial charge in [-0.05, 0) is 24.5 Å². The van der Waals surface area contributed by atoms with Crippen molar-refractivity contribution in [3.63, 3.8) is 0 Å². The molecule has 3 N–H and O–H groups in total. The smallest absolute Gasteiger partial charge is 0.336 e. The molecular weight excluding hydrogens is 418 g/mol. The van der Waals surface area contributed by atoms with Crippen LogP contribution in [0.2, 0.25) is 0 Å². The number of halogens is 2. The van der Waals surface area contributed by atoms with Gasteiger partial charge in [0.05, 0.1) is 11.9 Å². The topological polar surface area (TPSA) is 106 Å². The average molecular weight is 447 g/mol. The molecule has 0 aliphatic carbocycles. The number of hydrogen-bond donors (Lipinski definition) is 2. The van der Waals surface area contributed by atoms with E-state index in [1.165, 1.54) is 4.52 Å². The van der Waals surface area contributed by atoms with Crippen LogP contribution >= 0.6 is 0 Å². The number of aryl methyl sites for hydroxylation is 1. The van der Waals surface area contributed by atoms with Gasteiger partial charge in [0, 0.05) is 38.8 Å². The van der Waals surface area contributed by atoms with Gasteiger partial charge in [-0.1, -0.05) is 19.4 Å². The summed E-state index contributed by atoms with van der Waals surface area (Å²) in [7, 11) is 0. The maximum atomic E-state index is 13.3. The van der Waals surface area contributed by atoms with E-state index < -0.39 is 12.5 Å². The fourth-order valence-electron chi connectivity index (χ4n) is 3.89. The van der Waals surface area contributed by atoms with Gasteiger partial charge >= 0.3 is 6.01 Å². The molecule has 9 nitrogen and oxygen atoms in total. The Morgan fingerprint density at radius 3 is 2.69 bits per heavy atom. The number of imidazole rings is 1. The summed E-state index contributed by atoms with van der Waals surface area (Å²) in [6.45, 7) is 7.61. The molecule has 11 heteroatoms. The molecule has 0 saturated carbocycles. The van der Waals surface area contributed by atoms with E-state index in [9.17, 15) is 8.78 Å². The molecule has 172 valence electrons. The van der Waals surface area contributed by atoms with E-state index in [1.807, 2.05) is 20.0 Å². The van der Waals surface area contributed by atoms with E-state index in [-0.39, 0.29) is 18.2 Å². The molecule has 0 bridgehead atoms. The molecule has 1 aliphatic rings. The standard InChI is InChI=1S/C21H28F2N8O/c1-3-4-16(17(22)23)32-21-28-18(24)20-27-12-15(31(20)29-21)10-14-9-13(2)19(26-11-14)30-7-5-25-6-8-30/h9,11-12,16-17,25H,3-8,10H2,1-2H3,(H2,24,28,29)/t16-/m0/s1. The van der Waals surface area contributed by atoms with E-state index in [4.69, 9.17) is 10.5 Å². The third-order valence-electron chi connectivity index (χ3n) is 5.46. The molecular formula is C21H28F2N8O. The normalized spacial score (nSPS) is 15.5. The molecule has 32 heavy (non-hydrogen) atoms. The predicted octanol–water partition coefficient (Wildman–Crippen LogP) is 2.22. The van der Waals surface area contributed by atoms with Gasteiger partial charge in [0.1, 0.15) is 5.82 Å². The Hall–Kier alpha value is -3.08. The van der Waals surface area contributed by atoms with Gasteiger partial charge in [0.2, 0.25) is 0 Å². The van der Waals surface area contributed by atoms with Gasteiger partial charge < -0.3 is 20.7 Å². The molecule has 1 aliphatic heterocycles. The highest BCUT2D eigenvalue weighted by Crippen LogP contribution is 2.22. The van der Waals surface area contributed by atoms with Crippen molar-refractivity contribution in [1.29, 1.82) is 0 Å². The van der Waals surface area contributed by atoms with E-state index >= 15 is 0 Å². The van der Waals surface area contributed by atoms with Crippen molar-refractivity contribution in [2.24, 2.45) is 0 Å². The van der Waals surface area contributed by atoms with Crippen LogP contribution in [0.4, 0.5) is 20.4 Å². The lowest BCUT2D eigenvalue weighted by Crippen LogP contribution is -2.44. The quantitative estimate of drug-likeness (QED) is 0.543. The fourth-order valence-corrected chi connectivity index (χ4v) is 3.89. The molecule has 0 radical (unpaired) electrons. The van der Waals surface area contributed by atoms with Crippen molar-refractivity contribution < 1.29 is 13.5 Å². The first kappa shape index (κ1) is 22.1. The third-order valence-corrected chi connectivity index (χ3v) is 5.46. The Labute approximate surface area is 185 Å². The zero-order valence-electron chi connectivity index (χ0n) is 18.3. The molecule has 3 aromatic heterocycles. The minimum Gasteiger partial charge on any atom is -0.453 e. The average Bonchev–Trinajstić information content (AvgIpc) is 3.17. The number of piperazine rings is 1. The fraction of sp³-hybridized carbons (Fsp3) is 0.524. The summed E-state index contributed by atoms with van der Waals surface area (Å²) in [5, 5.41) is 7.62. The largest absolute Gasteiger partial charge is 0.453 e. The Kier molecular flexibility index (Phi) is 6.63. The maximum absolute atomic E-state index is 13.3. The highest BCUT2D eigenvalue weighted by atomic mass is 19.3. The van der Waals surface area contributed by atoms with E-state index in [2.05, 4.69) is 36.3 Å². The zero-order chi connectivity index (χ0) is 22.7. The maximum Gasteiger partial charge on any atom is 0.336 e. The number of nitrogens with two attached hydrogens (primary N) is 1. The summed E-state index contributed by atoms with van der Waals surface area (Å²) in [6.07, 6.45) is 0.828. The number of ether oxygens (including phenoxy) is 1. The summed E-state index contributed by atoms with van der Waals surface area (Å²) in [6, 6.07) is 1.91. The summed E-state index contributed by atoms with van der Waals surface area (Å²) in [4.78, 5) is 15.3.